The Labute approximate surface area is 129 Å². The number of carbonyl (C=O) groups excluding carboxylic acids is 1. The first-order valence-corrected chi connectivity index (χ1v) is 7.17. The second kappa shape index (κ2) is 6.80. The maximum absolute atomic E-state index is 12.1. The number of ether oxygens (including phenoxy) is 2. The summed E-state index contributed by atoms with van der Waals surface area (Å²) in [5.74, 6) is 0.494. The zero-order chi connectivity index (χ0) is 15.2. The standard InChI is InChI=1S/C18H17NO3/c20-18(22-14-15-7-2-1-3-8-15)13-19-11-6-12-21-17-10-5-4-9-16(17)19/h1-11H,12-14H2. The fraction of sp³-hybridized carbons (Fsp3) is 0.167. The van der Waals surface area contributed by atoms with Gasteiger partial charge in [0, 0.05) is 6.20 Å². The lowest BCUT2D eigenvalue weighted by Crippen LogP contribution is -2.26. The topological polar surface area (TPSA) is 38.8 Å². The molecule has 0 radical (unpaired) electrons. The number of esters is 1. The van der Waals surface area contributed by atoms with E-state index in [-0.39, 0.29) is 19.1 Å². The summed E-state index contributed by atoms with van der Waals surface area (Å²) >= 11 is 0. The third kappa shape index (κ3) is 3.47. The number of fused-ring (bicyclic) bond motifs is 1. The predicted molar refractivity (Wildman–Crippen MR) is 84.7 cm³/mol. The SMILES string of the molecule is O=C(CN1C=CCOc2ccccc21)OCc1ccccc1. The van der Waals surface area contributed by atoms with Crippen LogP contribution >= 0.6 is 0 Å². The van der Waals surface area contributed by atoms with Crippen molar-refractivity contribution in [2.45, 2.75) is 6.61 Å². The van der Waals surface area contributed by atoms with Crippen molar-refractivity contribution in [1.82, 2.24) is 0 Å². The predicted octanol–water partition coefficient (Wildman–Crippen LogP) is 3.14. The van der Waals surface area contributed by atoms with E-state index in [0.29, 0.717) is 6.61 Å². The van der Waals surface area contributed by atoms with Gasteiger partial charge in [-0.3, -0.25) is 4.79 Å². The molecule has 1 aliphatic rings. The Morgan fingerprint density at radius 3 is 2.73 bits per heavy atom. The molecule has 2 aromatic rings. The van der Waals surface area contributed by atoms with Gasteiger partial charge in [-0.05, 0) is 23.8 Å². The molecular weight excluding hydrogens is 278 g/mol. The first-order valence-electron chi connectivity index (χ1n) is 7.17. The number of rotatable bonds is 4. The van der Waals surface area contributed by atoms with Gasteiger partial charge in [-0.25, -0.2) is 0 Å². The molecule has 0 fully saturated rings. The highest BCUT2D eigenvalue weighted by Crippen LogP contribution is 2.29. The fourth-order valence-corrected chi connectivity index (χ4v) is 2.27. The second-order valence-electron chi connectivity index (χ2n) is 4.94. The van der Waals surface area contributed by atoms with Crippen LogP contribution in [0.4, 0.5) is 5.69 Å². The zero-order valence-electron chi connectivity index (χ0n) is 12.1. The minimum Gasteiger partial charge on any atom is -0.487 e. The molecule has 112 valence electrons. The number of benzene rings is 2. The maximum atomic E-state index is 12.1. The van der Waals surface area contributed by atoms with E-state index >= 15 is 0 Å². The Morgan fingerprint density at radius 1 is 1.09 bits per heavy atom. The second-order valence-corrected chi connectivity index (χ2v) is 4.94. The van der Waals surface area contributed by atoms with Crippen LogP contribution in [0.2, 0.25) is 0 Å². The van der Waals surface area contributed by atoms with Crippen molar-refractivity contribution < 1.29 is 14.3 Å². The quantitative estimate of drug-likeness (QED) is 0.812. The van der Waals surface area contributed by atoms with Crippen LogP contribution in [0.1, 0.15) is 5.56 Å². The van der Waals surface area contributed by atoms with Crippen molar-refractivity contribution in [3.05, 3.63) is 72.4 Å². The van der Waals surface area contributed by atoms with Crippen molar-refractivity contribution in [3.8, 4) is 5.75 Å². The minimum atomic E-state index is -0.273. The Bertz CT molecular complexity index is 667. The molecular formula is C18H17NO3. The monoisotopic (exact) mass is 295 g/mol. The molecule has 0 amide bonds. The van der Waals surface area contributed by atoms with Crippen LogP contribution in [-0.4, -0.2) is 19.1 Å². The third-order valence-electron chi connectivity index (χ3n) is 3.34. The minimum absolute atomic E-state index is 0.156. The van der Waals surface area contributed by atoms with E-state index in [2.05, 4.69) is 0 Å². The molecule has 4 nitrogen and oxygen atoms in total. The summed E-state index contributed by atoms with van der Waals surface area (Å²) in [7, 11) is 0. The van der Waals surface area contributed by atoms with Crippen molar-refractivity contribution in [3.63, 3.8) is 0 Å². The number of para-hydroxylation sites is 2. The Morgan fingerprint density at radius 2 is 1.86 bits per heavy atom. The highest BCUT2D eigenvalue weighted by Gasteiger charge is 2.16. The average molecular weight is 295 g/mol. The molecule has 1 aliphatic heterocycles. The molecule has 2 aromatic carbocycles. The molecule has 0 bridgehead atoms. The van der Waals surface area contributed by atoms with Crippen LogP contribution in [0.25, 0.3) is 0 Å². The van der Waals surface area contributed by atoms with Gasteiger partial charge >= 0.3 is 5.97 Å². The lowest BCUT2D eigenvalue weighted by Gasteiger charge is -2.20. The Kier molecular flexibility index (Phi) is 4.39. The number of hydrogen-bond acceptors (Lipinski definition) is 4. The van der Waals surface area contributed by atoms with Crippen molar-refractivity contribution in [2.75, 3.05) is 18.1 Å². The summed E-state index contributed by atoms with van der Waals surface area (Å²) in [5, 5.41) is 0. The number of anilines is 1. The van der Waals surface area contributed by atoms with Crippen molar-refractivity contribution in [2.24, 2.45) is 0 Å². The molecule has 0 unspecified atom stereocenters. The molecule has 1 heterocycles. The molecule has 4 heteroatoms. The number of nitrogens with zero attached hydrogens (tertiary/aromatic N) is 1. The van der Waals surface area contributed by atoms with Gasteiger partial charge in [0.25, 0.3) is 0 Å². The summed E-state index contributed by atoms with van der Waals surface area (Å²) in [4.78, 5) is 13.9. The van der Waals surface area contributed by atoms with Gasteiger partial charge in [0.15, 0.2) is 0 Å². The molecule has 0 N–H and O–H groups in total. The van der Waals surface area contributed by atoms with Gasteiger partial charge in [0.05, 0.1) is 5.69 Å². The molecule has 0 atom stereocenters. The number of hydrogen-bond donors (Lipinski definition) is 0. The van der Waals surface area contributed by atoms with Gasteiger partial charge in [0.2, 0.25) is 0 Å². The Hall–Kier alpha value is -2.75. The van der Waals surface area contributed by atoms with E-state index in [0.717, 1.165) is 17.0 Å². The van der Waals surface area contributed by atoms with Gasteiger partial charge < -0.3 is 14.4 Å². The van der Waals surface area contributed by atoms with Gasteiger partial charge in [-0.2, -0.15) is 0 Å². The highest BCUT2D eigenvalue weighted by atomic mass is 16.5. The van der Waals surface area contributed by atoms with E-state index in [4.69, 9.17) is 9.47 Å². The molecule has 0 saturated heterocycles. The third-order valence-corrected chi connectivity index (χ3v) is 3.34. The molecule has 0 saturated carbocycles. The smallest absolute Gasteiger partial charge is 0.326 e. The zero-order valence-corrected chi connectivity index (χ0v) is 12.1. The van der Waals surface area contributed by atoms with Gasteiger partial charge in [-0.15, -0.1) is 0 Å². The Balaban J connectivity index is 1.64. The summed E-state index contributed by atoms with van der Waals surface area (Å²) in [6.07, 6.45) is 3.74. The van der Waals surface area contributed by atoms with E-state index in [1.165, 1.54) is 0 Å². The van der Waals surface area contributed by atoms with Crippen LogP contribution < -0.4 is 9.64 Å². The van der Waals surface area contributed by atoms with Crippen molar-refractivity contribution in [1.29, 1.82) is 0 Å². The summed E-state index contributed by atoms with van der Waals surface area (Å²) in [6, 6.07) is 17.3. The fourth-order valence-electron chi connectivity index (χ4n) is 2.27. The largest absolute Gasteiger partial charge is 0.487 e. The first kappa shape index (κ1) is 14.2. The van der Waals surface area contributed by atoms with Gasteiger partial charge in [0.1, 0.15) is 25.5 Å². The van der Waals surface area contributed by atoms with Crippen LogP contribution in [-0.2, 0) is 16.1 Å². The van der Waals surface area contributed by atoms with Crippen LogP contribution in [0, 0.1) is 0 Å². The van der Waals surface area contributed by atoms with Crippen LogP contribution in [0.3, 0.4) is 0 Å². The first-order chi connectivity index (χ1) is 10.8. The molecule has 0 aromatic heterocycles. The molecule has 22 heavy (non-hydrogen) atoms. The summed E-state index contributed by atoms with van der Waals surface area (Å²) in [5.41, 5.74) is 1.85. The number of carbonyl (C=O) groups is 1. The molecule has 0 aliphatic carbocycles. The lowest BCUT2D eigenvalue weighted by atomic mass is 10.2. The molecule has 0 spiro atoms. The van der Waals surface area contributed by atoms with E-state index in [1.807, 2.05) is 71.8 Å². The summed E-state index contributed by atoms with van der Waals surface area (Å²) < 4.78 is 10.9. The normalized spacial score (nSPS) is 13.0. The lowest BCUT2D eigenvalue weighted by molar-refractivity contribution is -0.143. The van der Waals surface area contributed by atoms with Crippen LogP contribution in [0.5, 0.6) is 5.75 Å². The molecule has 3 rings (SSSR count). The highest BCUT2D eigenvalue weighted by molar-refractivity contribution is 5.78. The average Bonchev–Trinajstić information content (AvgIpc) is 2.77. The van der Waals surface area contributed by atoms with Gasteiger partial charge in [-0.1, -0.05) is 42.5 Å². The van der Waals surface area contributed by atoms with E-state index in [9.17, 15) is 4.79 Å². The summed E-state index contributed by atoms with van der Waals surface area (Å²) in [6.45, 7) is 0.936. The van der Waals surface area contributed by atoms with Crippen molar-refractivity contribution >= 4 is 11.7 Å². The van der Waals surface area contributed by atoms with E-state index in [1.54, 1.807) is 0 Å². The van der Waals surface area contributed by atoms with E-state index < -0.39 is 0 Å². The van der Waals surface area contributed by atoms with Crippen LogP contribution in [0.15, 0.2) is 66.9 Å². The maximum Gasteiger partial charge on any atom is 0.326 e.